The summed E-state index contributed by atoms with van der Waals surface area (Å²) in [6.07, 6.45) is -9.22. The van der Waals surface area contributed by atoms with Gasteiger partial charge in [0.25, 0.3) is 0 Å². The van der Waals surface area contributed by atoms with Crippen molar-refractivity contribution < 1.29 is 50.6 Å². The minimum atomic E-state index is -5.25. The van der Waals surface area contributed by atoms with Gasteiger partial charge >= 0.3 is 12.4 Å². The average Bonchev–Trinajstić information content (AvgIpc) is 3.85. The maximum atomic E-state index is 15.1. The fourth-order valence-electron chi connectivity index (χ4n) is 9.87. The molecule has 6 atom stereocenters. The minimum Gasteiger partial charge on any atom is -0.508 e. The Balaban J connectivity index is 1.15. The number of hydrogen-bond donors (Lipinski definition) is 1. The van der Waals surface area contributed by atoms with Crippen LogP contribution >= 0.6 is 34.5 Å². The van der Waals surface area contributed by atoms with Crippen LogP contribution in [0.5, 0.6) is 5.75 Å². The number of aromatic nitrogens is 2. The molecule has 4 aliphatic rings. The summed E-state index contributed by atoms with van der Waals surface area (Å²) in [5.41, 5.74) is -4.01. The number of nitrogens with zero attached hydrogens (tertiary/aromatic N) is 4. The molecule has 6 unspecified atom stereocenters. The van der Waals surface area contributed by atoms with Crippen LogP contribution in [0.2, 0.25) is 10.0 Å². The van der Waals surface area contributed by atoms with Gasteiger partial charge in [-0.05, 0) is 98.2 Å². The molecule has 4 heterocycles. The maximum Gasteiger partial charge on any atom is 0.416 e. The van der Waals surface area contributed by atoms with Crippen LogP contribution in [0.3, 0.4) is 0 Å². The molecule has 0 bridgehead atoms. The molecular formula is C42H30Cl2F6N4O5S. The molecular weight excluding hydrogens is 857 g/mol. The Hall–Kier alpha value is -5.19. The number of allylic oxidation sites excluding steroid dienone is 2. The standard InChI is InChI=1S/C42H30Cl2F6N4O5S/c1-17-25-13-21(44)5-9-31(25)60-35(17)29-16-32(52(3)51-29)54-37(57)28-15-26-23(34(40(28,2)39(54)59)27-14-20(43)4-8-30(27)55)6-7-24-33(26)38(58)53(36(24)56)22-11-18(41(45,46)47)10-19(12-22)42(48,49)50/h4-6,8-14,16,24,26,28,33-34,55H,7,15H2,1-3H3. The van der Waals surface area contributed by atoms with Gasteiger partial charge in [0.2, 0.25) is 23.6 Å². The number of imide groups is 2. The number of hydrogen-bond acceptors (Lipinski definition) is 7. The van der Waals surface area contributed by atoms with Crippen molar-refractivity contribution in [2.24, 2.45) is 36.1 Å². The highest BCUT2D eigenvalue weighted by Gasteiger charge is 2.68. The zero-order chi connectivity index (χ0) is 43.1. The van der Waals surface area contributed by atoms with E-state index in [1.807, 2.05) is 19.1 Å². The highest BCUT2D eigenvalue weighted by atomic mass is 35.5. The second-order valence-corrected chi connectivity index (χ2v) is 17.8. The third kappa shape index (κ3) is 5.84. The van der Waals surface area contributed by atoms with E-state index in [0.717, 1.165) is 25.4 Å². The Morgan fingerprint density at radius 2 is 1.48 bits per heavy atom. The zero-order valence-electron chi connectivity index (χ0n) is 31.5. The Labute approximate surface area is 350 Å². The van der Waals surface area contributed by atoms with E-state index in [1.54, 1.807) is 32.2 Å². The minimum absolute atomic E-state index is 0.0926. The van der Waals surface area contributed by atoms with Crippen LogP contribution in [0.15, 0.2) is 72.3 Å². The number of thiophene rings is 1. The Kier molecular flexibility index (Phi) is 8.99. The van der Waals surface area contributed by atoms with E-state index in [4.69, 9.17) is 23.2 Å². The number of aromatic hydroxyl groups is 1. The van der Waals surface area contributed by atoms with E-state index in [1.165, 1.54) is 34.2 Å². The van der Waals surface area contributed by atoms with E-state index in [0.29, 0.717) is 33.3 Å². The summed E-state index contributed by atoms with van der Waals surface area (Å²) in [7, 11) is 1.58. The molecule has 9 rings (SSSR count). The lowest BCUT2D eigenvalue weighted by molar-refractivity contribution is -0.143. The van der Waals surface area contributed by atoms with E-state index in [-0.39, 0.29) is 41.1 Å². The van der Waals surface area contributed by atoms with Crippen molar-refractivity contribution in [2.45, 2.75) is 45.0 Å². The largest absolute Gasteiger partial charge is 0.508 e. The number of fused-ring (bicyclic) bond motifs is 5. The van der Waals surface area contributed by atoms with Crippen molar-refractivity contribution in [2.75, 3.05) is 9.80 Å². The van der Waals surface area contributed by atoms with E-state index in [2.05, 4.69) is 5.10 Å². The first kappa shape index (κ1) is 40.2. The molecule has 2 saturated heterocycles. The second kappa shape index (κ2) is 13.4. The van der Waals surface area contributed by atoms with Crippen molar-refractivity contribution in [3.63, 3.8) is 0 Å². The first-order valence-electron chi connectivity index (χ1n) is 18.6. The van der Waals surface area contributed by atoms with Gasteiger partial charge in [0.05, 0.1) is 44.9 Å². The third-order valence-electron chi connectivity index (χ3n) is 12.6. The lowest BCUT2D eigenvalue weighted by Crippen LogP contribution is -2.49. The van der Waals surface area contributed by atoms with Crippen LogP contribution in [-0.4, -0.2) is 38.5 Å². The molecule has 9 nitrogen and oxygen atoms in total. The topological polar surface area (TPSA) is 113 Å². The van der Waals surface area contributed by atoms with Crippen molar-refractivity contribution >= 4 is 79.8 Å². The number of rotatable bonds is 4. The van der Waals surface area contributed by atoms with E-state index >= 15 is 4.79 Å². The summed E-state index contributed by atoms with van der Waals surface area (Å²) in [6.45, 7) is 3.49. The fraction of sp³-hybridized carbons (Fsp3) is 0.310. The quantitative estimate of drug-likeness (QED) is 0.109. The molecule has 3 aromatic carbocycles. The smallest absolute Gasteiger partial charge is 0.416 e. The van der Waals surface area contributed by atoms with E-state index in [9.17, 15) is 45.8 Å². The van der Waals surface area contributed by atoms with Crippen LogP contribution < -0.4 is 9.80 Å². The number of carbonyl (C=O) groups is 4. The van der Waals surface area contributed by atoms with Crippen molar-refractivity contribution in [3.05, 3.63) is 105 Å². The SMILES string of the molecule is Cc1c(-c2cc(N3C(=O)C4CC5C(=CCC6C(=O)N(c7cc(C(F)(F)F)cc(C(F)(F)F)c7)C(=O)C65)C(c5cc(Cl)ccc5O)C4(C)C3=O)n(C)n2)sc2ccc(Cl)cc12. The van der Waals surface area contributed by atoms with Gasteiger partial charge in [0, 0.05) is 39.3 Å². The Morgan fingerprint density at radius 3 is 2.15 bits per heavy atom. The van der Waals surface area contributed by atoms with Crippen LogP contribution in [0.25, 0.3) is 20.7 Å². The summed E-state index contributed by atoms with van der Waals surface area (Å²) in [5, 5.41) is 17.7. The number of anilines is 2. The van der Waals surface area contributed by atoms with Gasteiger partial charge in [-0.15, -0.1) is 11.3 Å². The first-order valence-corrected chi connectivity index (χ1v) is 20.2. The summed E-state index contributed by atoms with van der Waals surface area (Å²) in [6, 6.07) is 11.8. The maximum absolute atomic E-state index is 15.1. The average molecular weight is 888 g/mol. The van der Waals surface area contributed by atoms with Crippen LogP contribution in [0, 0.1) is 36.0 Å². The number of alkyl halides is 6. The number of carbonyl (C=O) groups excluding carboxylic acids is 4. The predicted octanol–water partition coefficient (Wildman–Crippen LogP) is 10.1. The molecule has 0 radical (unpaired) electrons. The van der Waals surface area contributed by atoms with Gasteiger partial charge in [-0.1, -0.05) is 34.9 Å². The third-order valence-corrected chi connectivity index (χ3v) is 14.4. The molecule has 1 saturated carbocycles. The van der Waals surface area contributed by atoms with E-state index < -0.39 is 87.8 Å². The Morgan fingerprint density at radius 1 is 0.833 bits per heavy atom. The van der Waals surface area contributed by atoms with Gasteiger partial charge in [0.15, 0.2) is 0 Å². The molecule has 18 heteroatoms. The molecule has 310 valence electrons. The van der Waals surface area contributed by atoms with Gasteiger partial charge in [-0.25, -0.2) is 9.80 Å². The lowest BCUT2D eigenvalue weighted by atomic mass is 9.51. The Bertz CT molecular complexity index is 2750. The van der Waals surface area contributed by atoms with Crippen LogP contribution in [0.1, 0.15) is 47.9 Å². The second-order valence-electron chi connectivity index (χ2n) is 15.8. The summed E-state index contributed by atoms with van der Waals surface area (Å²) in [5.74, 6) is -9.36. The highest BCUT2D eigenvalue weighted by Crippen LogP contribution is 2.65. The van der Waals surface area contributed by atoms with Crippen molar-refractivity contribution in [3.8, 4) is 16.3 Å². The molecule has 3 fully saturated rings. The molecule has 2 aliphatic heterocycles. The lowest BCUT2D eigenvalue weighted by Gasteiger charge is -2.49. The van der Waals surface area contributed by atoms with Crippen molar-refractivity contribution in [1.29, 1.82) is 0 Å². The molecule has 0 spiro atoms. The van der Waals surface area contributed by atoms with Gasteiger partial charge in [-0.2, -0.15) is 31.4 Å². The van der Waals surface area contributed by atoms with Crippen molar-refractivity contribution in [1.82, 2.24) is 9.78 Å². The predicted molar refractivity (Wildman–Crippen MR) is 210 cm³/mol. The van der Waals surface area contributed by atoms with Gasteiger partial charge < -0.3 is 5.11 Å². The zero-order valence-corrected chi connectivity index (χ0v) is 33.8. The number of aryl methyl sites for hydroxylation is 2. The number of phenolic OH excluding ortho intramolecular Hbond substituents is 1. The fourth-order valence-corrected chi connectivity index (χ4v) is 11.4. The molecule has 4 amide bonds. The molecule has 5 aromatic rings. The highest BCUT2D eigenvalue weighted by molar-refractivity contribution is 7.22. The molecule has 2 aliphatic carbocycles. The van der Waals surface area contributed by atoms with Gasteiger partial charge in [-0.3, -0.25) is 23.9 Å². The number of phenols is 1. The van der Waals surface area contributed by atoms with Crippen LogP contribution in [-0.2, 0) is 38.6 Å². The molecule has 1 N–H and O–H groups in total. The molecule has 60 heavy (non-hydrogen) atoms. The summed E-state index contributed by atoms with van der Waals surface area (Å²) < 4.78 is 85.8. The first-order chi connectivity index (χ1) is 28.1. The monoisotopic (exact) mass is 886 g/mol. The number of amides is 4. The number of halogens is 8. The number of benzene rings is 3. The van der Waals surface area contributed by atoms with Gasteiger partial charge in [0.1, 0.15) is 17.3 Å². The summed E-state index contributed by atoms with van der Waals surface area (Å²) in [4.78, 5) is 60.6. The molecule has 2 aromatic heterocycles. The summed E-state index contributed by atoms with van der Waals surface area (Å²) >= 11 is 14.2. The van der Waals surface area contributed by atoms with Crippen LogP contribution in [0.4, 0.5) is 37.8 Å². The normalized spacial score (nSPS) is 25.6.